The van der Waals surface area contributed by atoms with E-state index in [1.807, 2.05) is 17.2 Å². The van der Waals surface area contributed by atoms with Crippen molar-refractivity contribution in [3.8, 4) is 0 Å². The van der Waals surface area contributed by atoms with E-state index in [9.17, 15) is 9.18 Å². The number of carbonyl (C=O) groups excluding carboxylic acids is 1. The third-order valence-corrected chi connectivity index (χ3v) is 7.76. The Hall–Kier alpha value is -2.41. The number of carbonyl (C=O) groups is 1. The van der Waals surface area contributed by atoms with Crippen LogP contribution in [0.15, 0.2) is 42.6 Å². The molecule has 188 valence electrons. The lowest BCUT2D eigenvalue weighted by Gasteiger charge is -2.32. The molecule has 0 spiro atoms. The molecule has 2 N–H and O–H groups in total. The highest BCUT2D eigenvalue weighted by molar-refractivity contribution is 6.07. The van der Waals surface area contributed by atoms with Crippen LogP contribution in [0.25, 0.3) is 10.9 Å². The van der Waals surface area contributed by atoms with Crippen LogP contribution in [0.4, 0.5) is 4.39 Å². The Labute approximate surface area is 212 Å². The van der Waals surface area contributed by atoms with Gasteiger partial charge in [-0.15, -0.1) is 12.4 Å². The highest BCUT2D eigenvalue weighted by atomic mass is 35.5. The van der Waals surface area contributed by atoms with Gasteiger partial charge in [-0.3, -0.25) is 4.79 Å². The molecule has 35 heavy (non-hydrogen) atoms. The Morgan fingerprint density at radius 1 is 1.09 bits per heavy atom. The molecule has 0 radical (unpaired) electrons. The Kier molecular flexibility index (Phi) is 8.15. The van der Waals surface area contributed by atoms with Gasteiger partial charge in [-0.1, -0.05) is 36.8 Å². The fourth-order valence-corrected chi connectivity index (χ4v) is 5.57. The van der Waals surface area contributed by atoms with E-state index in [1.165, 1.54) is 36.4 Å². The number of ether oxygens (including phenoxy) is 1. The summed E-state index contributed by atoms with van der Waals surface area (Å²) < 4.78 is 22.0. The number of halogens is 2. The molecule has 3 aromatic rings. The van der Waals surface area contributed by atoms with Crippen molar-refractivity contribution in [2.75, 3.05) is 26.8 Å². The maximum atomic E-state index is 14.5. The Morgan fingerprint density at radius 2 is 1.83 bits per heavy atom. The van der Waals surface area contributed by atoms with Gasteiger partial charge in [-0.25, -0.2) is 4.39 Å². The number of rotatable bonds is 7. The fourth-order valence-electron chi connectivity index (χ4n) is 5.57. The van der Waals surface area contributed by atoms with Crippen molar-refractivity contribution in [1.82, 2.24) is 9.47 Å². The van der Waals surface area contributed by atoms with Gasteiger partial charge in [0, 0.05) is 44.9 Å². The lowest BCUT2D eigenvalue weighted by atomic mass is 9.79. The lowest BCUT2D eigenvalue weighted by molar-refractivity contribution is 0.0714. The molecule has 0 atom stereocenters. The Morgan fingerprint density at radius 3 is 2.49 bits per heavy atom. The SMILES string of the molecule is COCCn1cc(C(=O)N2CCC(c3cc(CN)ccc3F)CC2)c2cccc(C3CCC3)c21.Cl. The first-order valence-corrected chi connectivity index (χ1v) is 12.5. The van der Waals surface area contributed by atoms with Crippen LogP contribution in [0, 0.1) is 5.82 Å². The fraction of sp³-hybridized carbons (Fsp3) is 0.464. The van der Waals surface area contributed by atoms with Crippen LogP contribution in [0.3, 0.4) is 0 Å². The van der Waals surface area contributed by atoms with Crippen LogP contribution in [-0.4, -0.2) is 42.2 Å². The number of aromatic nitrogens is 1. The smallest absolute Gasteiger partial charge is 0.256 e. The molecule has 1 saturated carbocycles. The summed E-state index contributed by atoms with van der Waals surface area (Å²) in [7, 11) is 1.71. The largest absolute Gasteiger partial charge is 0.383 e. The maximum Gasteiger partial charge on any atom is 0.256 e. The predicted octanol–water partition coefficient (Wildman–Crippen LogP) is 5.59. The summed E-state index contributed by atoms with van der Waals surface area (Å²) in [6.45, 7) is 2.99. The Bertz CT molecular complexity index is 1180. The average molecular weight is 500 g/mol. The minimum absolute atomic E-state index is 0. The van der Waals surface area contributed by atoms with E-state index < -0.39 is 0 Å². The van der Waals surface area contributed by atoms with Gasteiger partial charge in [0.2, 0.25) is 0 Å². The molecule has 0 bridgehead atoms. The molecule has 7 heteroatoms. The molecular weight excluding hydrogens is 465 g/mol. The monoisotopic (exact) mass is 499 g/mol. The van der Waals surface area contributed by atoms with Crippen molar-refractivity contribution >= 4 is 29.2 Å². The molecule has 0 unspecified atom stereocenters. The topological polar surface area (TPSA) is 60.5 Å². The number of nitrogens with two attached hydrogens (primary N) is 1. The quantitative estimate of drug-likeness (QED) is 0.460. The van der Waals surface area contributed by atoms with Gasteiger partial charge < -0.3 is 19.9 Å². The van der Waals surface area contributed by atoms with Crippen molar-refractivity contribution < 1.29 is 13.9 Å². The first kappa shape index (κ1) is 25.7. The summed E-state index contributed by atoms with van der Waals surface area (Å²) in [5.41, 5.74) is 10.7. The number of para-hydroxylation sites is 1. The van der Waals surface area contributed by atoms with E-state index in [1.54, 1.807) is 13.2 Å². The molecule has 5 rings (SSSR count). The van der Waals surface area contributed by atoms with Gasteiger partial charge in [0.25, 0.3) is 5.91 Å². The van der Waals surface area contributed by atoms with Crippen molar-refractivity contribution in [3.05, 3.63) is 70.7 Å². The molecule has 5 nitrogen and oxygen atoms in total. The summed E-state index contributed by atoms with van der Waals surface area (Å²) in [4.78, 5) is 15.6. The molecule has 2 aromatic carbocycles. The number of hydrogen-bond donors (Lipinski definition) is 1. The highest BCUT2D eigenvalue weighted by Gasteiger charge is 2.30. The molecule has 1 aliphatic carbocycles. The summed E-state index contributed by atoms with van der Waals surface area (Å²) >= 11 is 0. The zero-order chi connectivity index (χ0) is 23.7. The second kappa shape index (κ2) is 11.1. The van der Waals surface area contributed by atoms with E-state index >= 15 is 0 Å². The molecule has 2 heterocycles. The number of methoxy groups -OCH3 is 1. The van der Waals surface area contributed by atoms with Crippen LogP contribution in [0.1, 0.15) is 71.0 Å². The minimum atomic E-state index is -0.174. The number of nitrogens with zero attached hydrogens (tertiary/aromatic N) is 2. The molecule has 1 aliphatic heterocycles. The summed E-state index contributed by atoms with van der Waals surface area (Å²) in [5.74, 6) is 0.592. The zero-order valence-electron chi connectivity index (χ0n) is 20.3. The summed E-state index contributed by atoms with van der Waals surface area (Å²) in [6.07, 6.45) is 7.24. The van der Waals surface area contributed by atoms with Crippen molar-refractivity contribution in [1.29, 1.82) is 0 Å². The third-order valence-electron chi connectivity index (χ3n) is 7.76. The van der Waals surface area contributed by atoms with Gasteiger partial charge in [0.1, 0.15) is 5.82 Å². The first-order chi connectivity index (χ1) is 16.6. The second-order valence-electron chi connectivity index (χ2n) is 9.73. The van der Waals surface area contributed by atoms with Crippen molar-refractivity contribution in [2.24, 2.45) is 5.73 Å². The first-order valence-electron chi connectivity index (χ1n) is 12.5. The zero-order valence-corrected chi connectivity index (χ0v) is 21.2. The van der Waals surface area contributed by atoms with Crippen molar-refractivity contribution in [2.45, 2.75) is 57.0 Å². The van der Waals surface area contributed by atoms with E-state index in [2.05, 4.69) is 22.8 Å². The lowest BCUT2D eigenvalue weighted by Crippen LogP contribution is -2.38. The number of amides is 1. The molecule has 1 aromatic heterocycles. The number of benzene rings is 2. The van der Waals surface area contributed by atoms with Gasteiger partial charge in [-0.2, -0.15) is 0 Å². The van der Waals surface area contributed by atoms with Crippen LogP contribution in [0.2, 0.25) is 0 Å². The number of piperidine rings is 1. The van der Waals surface area contributed by atoms with Crippen LogP contribution < -0.4 is 5.73 Å². The summed E-state index contributed by atoms with van der Waals surface area (Å²) in [5, 5.41) is 1.04. The van der Waals surface area contributed by atoms with E-state index in [4.69, 9.17) is 10.5 Å². The Balaban J connectivity index is 0.00000289. The van der Waals surface area contributed by atoms with E-state index in [0.29, 0.717) is 32.2 Å². The van der Waals surface area contributed by atoms with E-state index in [-0.39, 0.29) is 30.0 Å². The number of hydrogen-bond acceptors (Lipinski definition) is 3. The second-order valence-corrected chi connectivity index (χ2v) is 9.73. The van der Waals surface area contributed by atoms with Crippen LogP contribution >= 0.6 is 12.4 Å². The average Bonchev–Trinajstić information content (AvgIpc) is 3.21. The molecule has 2 aliphatic rings. The molecule has 2 fully saturated rings. The third kappa shape index (κ3) is 4.97. The molecule has 1 saturated heterocycles. The highest BCUT2D eigenvalue weighted by Crippen LogP contribution is 2.41. The number of fused-ring (bicyclic) bond motifs is 1. The minimum Gasteiger partial charge on any atom is -0.383 e. The standard InChI is InChI=1S/C28H34FN3O2.ClH/c1-34-15-14-32-18-25(23-7-3-6-22(27(23)32)20-4-2-5-20)28(33)31-12-10-21(11-13-31)24-16-19(17-30)8-9-26(24)29;/h3,6-9,16,18,20-21H,2,4-5,10-15,17,30H2,1H3;1H. The van der Waals surface area contributed by atoms with E-state index in [0.717, 1.165) is 41.5 Å². The normalized spacial score (nSPS) is 16.8. The van der Waals surface area contributed by atoms with Crippen LogP contribution in [-0.2, 0) is 17.8 Å². The predicted molar refractivity (Wildman–Crippen MR) is 140 cm³/mol. The van der Waals surface area contributed by atoms with Gasteiger partial charge in [0.15, 0.2) is 0 Å². The molecular formula is C28H35ClFN3O2. The molecule has 1 amide bonds. The van der Waals surface area contributed by atoms with Gasteiger partial charge in [-0.05, 0) is 60.3 Å². The summed E-state index contributed by atoms with van der Waals surface area (Å²) in [6, 6.07) is 11.5. The maximum absolute atomic E-state index is 14.5. The van der Waals surface area contributed by atoms with Crippen LogP contribution in [0.5, 0.6) is 0 Å². The number of likely N-dealkylation sites (tertiary alicyclic amines) is 1. The van der Waals surface area contributed by atoms with Gasteiger partial charge in [0.05, 0.1) is 17.7 Å². The van der Waals surface area contributed by atoms with Gasteiger partial charge >= 0.3 is 0 Å². The van der Waals surface area contributed by atoms with Crippen molar-refractivity contribution in [3.63, 3.8) is 0 Å².